The third-order valence-electron chi connectivity index (χ3n) is 4.01. The highest BCUT2D eigenvalue weighted by atomic mass is 32.2. The van der Waals surface area contributed by atoms with Gasteiger partial charge in [0.15, 0.2) is 0 Å². The number of nitrogens with zero attached hydrogens (tertiary/aromatic N) is 2. The van der Waals surface area contributed by atoms with Gasteiger partial charge in [-0.3, -0.25) is 9.79 Å². The Kier molecular flexibility index (Phi) is 6.47. The lowest BCUT2D eigenvalue weighted by molar-refractivity contribution is -0.125. The summed E-state index contributed by atoms with van der Waals surface area (Å²) in [5.74, 6) is 0.872. The average Bonchev–Trinajstić information content (AvgIpc) is 3.03. The second kappa shape index (κ2) is 8.39. The highest BCUT2D eigenvalue weighted by molar-refractivity contribution is 8.16. The Morgan fingerprint density at radius 3 is 2.92 bits per heavy atom. The number of rotatable bonds is 7. The van der Waals surface area contributed by atoms with Crippen molar-refractivity contribution in [2.45, 2.75) is 45.2 Å². The van der Waals surface area contributed by atoms with Gasteiger partial charge in [-0.1, -0.05) is 18.5 Å². The summed E-state index contributed by atoms with van der Waals surface area (Å²) in [6.45, 7) is 5.32. The number of carbonyl (C=O) groups excluding carboxylic acids is 1. The molecule has 8 nitrogen and oxygen atoms in total. The quantitative estimate of drug-likeness (QED) is 0.426. The Morgan fingerprint density at radius 2 is 2.31 bits per heavy atom. The van der Waals surface area contributed by atoms with Crippen LogP contribution in [0.1, 0.15) is 45.4 Å². The van der Waals surface area contributed by atoms with E-state index in [1.807, 2.05) is 6.92 Å². The van der Waals surface area contributed by atoms with E-state index in [0.29, 0.717) is 34.4 Å². The Bertz CT molecular complexity index is 789. The summed E-state index contributed by atoms with van der Waals surface area (Å²) in [7, 11) is 1.46. The van der Waals surface area contributed by atoms with Crippen LogP contribution in [-0.2, 0) is 4.79 Å². The zero-order chi connectivity index (χ0) is 19.3. The van der Waals surface area contributed by atoms with Crippen LogP contribution in [-0.4, -0.2) is 40.3 Å². The highest BCUT2D eigenvalue weighted by Crippen LogP contribution is 2.30. The number of hydrogen-bond acceptors (Lipinski definition) is 8. The summed E-state index contributed by atoms with van der Waals surface area (Å²) < 4.78 is 10.4. The molecule has 2 N–H and O–H groups in total. The number of amides is 1. The van der Waals surface area contributed by atoms with Crippen LogP contribution in [0.3, 0.4) is 0 Å². The van der Waals surface area contributed by atoms with Gasteiger partial charge in [0.1, 0.15) is 27.8 Å². The van der Waals surface area contributed by atoms with Crippen LogP contribution in [0.5, 0.6) is 5.75 Å². The first-order valence-corrected chi connectivity index (χ1v) is 9.23. The predicted octanol–water partition coefficient (Wildman–Crippen LogP) is 2.36. The molecule has 1 aliphatic rings. The van der Waals surface area contributed by atoms with Crippen molar-refractivity contribution >= 4 is 28.4 Å². The summed E-state index contributed by atoms with van der Waals surface area (Å²) in [5.41, 5.74) is -1.15. The highest BCUT2D eigenvalue weighted by Gasteiger charge is 2.40. The molecule has 1 aromatic rings. The van der Waals surface area contributed by atoms with Crippen molar-refractivity contribution in [3.8, 4) is 5.75 Å². The standard InChI is InChI=1S/C17H23N3O5S/c1-5-6-12(13-7-11(24-4)8-14(21)25-13)18-16(22)17(3)9-26-15(19-17)10(2)20-23/h7-8,12,23H,5-6,9H2,1-4H3,(H,18,22)/b20-10-/t12-,17?/m1/s1. The zero-order valence-corrected chi connectivity index (χ0v) is 16.1. The maximum atomic E-state index is 12.8. The fraction of sp³-hybridized carbons (Fsp3) is 0.529. The Hall–Kier alpha value is -2.29. The molecule has 9 heteroatoms. The lowest BCUT2D eigenvalue weighted by Gasteiger charge is -2.24. The van der Waals surface area contributed by atoms with Crippen molar-refractivity contribution in [2.24, 2.45) is 10.1 Å². The van der Waals surface area contributed by atoms with Gasteiger partial charge in [-0.15, -0.1) is 11.8 Å². The minimum Gasteiger partial charge on any atom is -0.496 e. The van der Waals surface area contributed by atoms with E-state index in [1.54, 1.807) is 19.9 Å². The molecule has 0 bridgehead atoms. The van der Waals surface area contributed by atoms with Crippen molar-refractivity contribution in [1.29, 1.82) is 0 Å². The van der Waals surface area contributed by atoms with E-state index in [9.17, 15) is 9.59 Å². The molecule has 1 amide bonds. The number of hydrogen-bond donors (Lipinski definition) is 2. The van der Waals surface area contributed by atoms with Crippen LogP contribution in [0.2, 0.25) is 0 Å². The fourth-order valence-corrected chi connectivity index (χ4v) is 3.62. The van der Waals surface area contributed by atoms with Gasteiger partial charge < -0.3 is 19.7 Å². The third-order valence-corrected chi connectivity index (χ3v) is 5.38. The molecule has 0 aromatic carbocycles. The number of ether oxygens (including phenoxy) is 1. The maximum absolute atomic E-state index is 12.8. The van der Waals surface area contributed by atoms with Gasteiger partial charge in [0.05, 0.1) is 19.2 Å². The third kappa shape index (κ3) is 4.46. The van der Waals surface area contributed by atoms with Gasteiger partial charge in [-0.05, 0) is 20.3 Å². The molecule has 0 spiro atoms. The first-order valence-electron chi connectivity index (χ1n) is 8.24. The fourth-order valence-electron chi connectivity index (χ4n) is 2.49. The second-order valence-electron chi connectivity index (χ2n) is 6.20. The minimum absolute atomic E-state index is 0.283. The van der Waals surface area contributed by atoms with E-state index < -0.39 is 17.2 Å². The largest absolute Gasteiger partial charge is 0.496 e. The molecule has 0 radical (unpaired) electrons. The van der Waals surface area contributed by atoms with Gasteiger partial charge in [0.2, 0.25) is 5.91 Å². The van der Waals surface area contributed by atoms with Crippen molar-refractivity contribution in [1.82, 2.24) is 5.32 Å². The van der Waals surface area contributed by atoms with Gasteiger partial charge >= 0.3 is 5.63 Å². The monoisotopic (exact) mass is 381 g/mol. The van der Waals surface area contributed by atoms with Gasteiger partial charge in [-0.25, -0.2) is 4.79 Å². The van der Waals surface area contributed by atoms with E-state index >= 15 is 0 Å². The molecule has 142 valence electrons. The molecule has 2 atom stereocenters. The molecule has 0 saturated heterocycles. The number of thioether (sulfide) groups is 1. The molecule has 1 aliphatic heterocycles. The topological polar surface area (TPSA) is 113 Å². The second-order valence-corrected chi connectivity index (χ2v) is 7.16. The molecule has 0 saturated carbocycles. The maximum Gasteiger partial charge on any atom is 0.339 e. The van der Waals surface area contributed by atoms with E-state index in [-0.39, 0.29) is 5.91 Å². The Labute approximate surface area is 155 Å². The first-order chi connectivity index (χ1) is 12.3. The zero-order valence-electron chi connectivity index (χ0n) is 15.2. The van der Waals surface area contributed by atoms with Crippen molar-refractivity contribution in [2.75, 3.05) is 12.9 Å². The molecule has 0 aliphatic carbocycles. The van der Waals surface area contributed by atoms with E-state index in [0.717, 1.165) is 6.42 Å². The Balaban J connectivity index is 2.25. The molecule has 2 rings (SSSR count). The van der Waals surface area contributed by atoms with E-state index in [4.69, 9.17) is 14.4 Å². The Morgan fingerprint density at radius 1 is 1.58 bits per heavy atom. The summed E-state index contributed by atoms with van der Waals surface area (Å²) in [6, 6.07) is 2.38. The van der Waals surface area contributed by atoms with E-state index in [2.05, 4.69) is 15.5 Å². The molecule has 26 heavy (non-hydrogen) atoms. The number of aliphatic imine (C=N–C) groups is 1. The number of nitrogens with one attached hydrogen (secondary N) is 1. The summed E-state index contributed by atoms with van der Waals surface area (Å²) in [5, 5.41) is 15.5. The van der Waals surface area contributed by atoms with E-state index in [1.165, 1.54) is 24.9 Å². The molecular formula is C17H23N3O5S. The van der Waals surface area contributed by atoms with Crippen molar-refractivity contribution < 1.29 is 19.2 Å². The average molecular weight is 381 g/mol. The first kappa shape index (κ1) is 20.0. The predicted molar refractivity (Wildman–Crippen MR) is 101 cm³/mol. The SMILES string of the molecule is CCC[C@@H](NC(=O)C1(C)CSC(/C(C)=N\O)=N1)c1cc(OC)cc(=O)o1. The van der Waals surface area contributed by atoms with Gasteiger partial charge in [0, 0.05) is 11.8 Å². The van der Waals surface area contributed by atoms with Crippen molar-refractivity contribution in [3.63, 3.8) is 0 Å². The van der Waals surface area contributed by atoms with Gasteiger partial charge in [0.25, 0.3) is 0 Å². The van der Waals surface area contributed by atoms with Crippen LogP contribution in [0.4, 0.5) is 0 Å². The van der Waals surface area contributed by atoms with Crippen LogP contribution >= 0.6 is 11.8 Å². The molecule has 2 heterocycles. The number of carbonyl (C=O) groups is 1. The molecule has 0 fully saturated rings. The van der Waals surface area contributed by atoms with Crippen LogP contribution in [0.15, 0.2) is 31.5 Å². The summed E-state index contributed by atoms with van der Waals surface area (Å²) >= 11 is 1.36. The summed E-state index contributed by atoms with van der Waals surface area (Å²) in [4.78, 5) is 29.0. The van der Waals surface area contributed by atoms with Crippen LogP contribution < -0.4 is 15.7 Å². The lowest BCUT2D eigenvalue weighted by atomic mass is 10.0. The molecule has 1 unspecified atom stereocenters. The normalized spacial score (nSPS) is 21.2. The summed E-state index contributed by atoms with van der Waals surface area (Å²) in [6.07, 6.45) is 1.38. The molecular weight excluding hydrogens is 358 g/mol. The number of oxime groups is 1. The number of methoxy groups -OCH3 is 1. The lowest BCUT2D eigenvalue weighted by Crippen LogP contribution is -2.45. The van der Waals surface area contributed by atoms with Crippen molar-refractivity contribution in [3.05, 3.63) is 28.3 Å². The van der Waals surface area contributed by atoms with Crippen LogP contribution in [0, 0.1) is 0 Å². The van der Waals surface area contributed by atoms with Gasteiger partial charge in [-0.2, -0.15) is 0 Å². The van der Waals surface area contributed by atoms with Crippen LogP contribution in [0.25, 0.3) is 0 Å². The molecule has 1 aromatic heterocycles. The minimum atomic E-state index is -0.989. The smallest absolute Gasteiger partial charge is 0.339 e.